The van der Waals surface area contributed by atoms with Crippen molar-refractivity contribution in [1.29, 1.82) is 0 Å². The van der Waals surface area contributed by atoms with Crippen molar-refractivity contribution in [2.24, 2.45) is 12.8 Å². The second-order valence-electron chi connectivity index (χ2n) is 4.20. The fraction of sp³-hybridized carbons (Fsp3) is 0.500. The summed E-state index contributed by atoms with van der Waals surface area (Å²) >= 11 is 0. The number of nitrogens with zero attached hydrogens (tertiary/aromatic N) is 4. The summed E-state index contributed by atoms with van der Waals surface area (Å²) in [6.07, 6.45) is 6.32. The van der Waals surface area contributed by atoms with E-state index in [1.165, 1.54) is 0 Å². The molecule has 0 aliphatic rings. The molecule has 0 aromatic carbocycles. The van der Waals surface area contributed by atoms with E-state index in [4.69, 9.17) is 10.5 Å². The third-order valence-corrected chi connectivity index (χ3v) is 2.92. The zero-order chi connectivity index (χ0) is 13.0. The van der Waals surface area contributed by atoms with E-state index in [1.807, 2.05) is 28.6 Å². The molecule has 98 valence electrons. The fourth-order valence-electron chi connectivity index (χ4n) is 1.96. The van der Waals surface area contributed by atoms with Gasteiger partial charge in [0.15, 0.2) is 0 Å². The Labute approximate surface area is 106 Å². The van der Waals surface area contributed by atoms with E-state index in [1.54, 1.807) is 19.5 Å². The predicted molar refractivity (Wildman–Crippen MR) is 68.0 cm³/mol. The highest BCUT2D eigenvalue weighted by atomic mass is 16.5. The van der Waals surface area contributed by atoms with Crippen LogP contribution in [0.2, 0.25) is 0 Å². The van der Waals surface area contributed by atoms with Crippen molar-refractivity contribution in [1.82, 2.24) is 19.3 Å². The average Bonchev–Trinajstić information content (AvgIpc) is 2.97. The van der Waals surface area contributed by atoms with Gasteiger partial charge in [-0.3, -0.25) is 4.68 Å². The Bertz CT molecular complexity index is 490. The van der Waals surface area contributed by atoms with Crippen molar-refractivity contribution in [3.8, 4) is 0 Å². The van der Waals surface area contributed by atoms with Crippen LogP contribution in [-0.4, -0.2) is 33.0 Å². The molecule has 0 radical (unpaired) electrons. The zero-order valence-corrected chi connectivity index (χ0v) is 10.8. The van der Waals surface area contributed by atoms with E-state index in [-0.39, 0.29) is 6.04 Å². The highest BCUT2D eigenvalue weighted by Crippen LogP contribution is 2.17. The highest BCUT2D eigenvalue weighted by Gasteiger charge is 2.17. The summed E-state index contributed by atoms with van der Waals surface area (Å²) in [6.45, 7) is 1.52. The summed E-state index contributed by atoms with van der Waals surface area (Å²) in [4.78, 5) is 4.28. The van der Waals surface area contributed by atoms with Gasteiger partial charge in [-0.05, 0) is 12.5 Å². The third-order valence-electron chi connectivity index (χ3n) is 2.92. The van der Waals surface area contributed by atoms with Gasteiger partial charge < -0.3 is 15.0 Å². The monoisotopic (exact) mass is 249 g/mol. The van der Waals surface area contributed by atoms with E-state index >= 15 is 0 Å². The maximum atomic E-state index is 6.24. The lowest BCUT2D eigenvalue weighted by Crippen LogP contribution is -2.21. The molecule has 6 nitrogen and oxygen atoms in total. The fourth-order valence-corrected chi connectivity index (χ4v) is 1.96. The molecule has 0 aliphatic carbocycles. The molecule has 1 atom stereocenters. The van der Waals surface area contributed by atoms with Crippen molar-refractivity contribution < 1.29 is 4.74 Å². The molecule has 0 spiro atoms. The molecule has 0 amide bonds. The van der Waals surface area contributed by atoms with Crippen molar-refractivity contribution in [2.75, 3.05) is 13.7 Å². The van der Waals surface area contributed by atoms with E-state index in [0.29, 0.717) is 0 Å². The summed E-state index contributed by atoms with van der Waals surface area (Å²) in [5.74, 6) is 0.837. The van der Waals surface area contributed by atoms with E-state index in [0.717, 1.165) is 31.1 Å². The van der Waals surface area contributed by atoms with Gasteiger partial charge in [-0.2, -0.15) is 5.10 Å². The minimum absolute atomic E-state index is 0.255. The van der Waals surface area contributed by atoms with Crippen LogP contribution in [0.4, 0.5) is 0 Å². The SMILES string of the molecule is COCCCn1nccc1C(N)c1nccn1C. The Morgan fingerprint density at radius 2 is 2.28 bits per heavy atom. The Hall–Kier alpha value is -1.66. The molecule has 0 fully saturated rings. The molecular weight excluding hydrogens is 230 g/mol. The lowest BCUT2D eigenvalue weighted by Gasteiger charge is -2.14. The van der Waals surface area contributed by atoms with Crippen molar-refractivity contribution >= 4 is 0 Å². The van der Waals surface area contributed by atoms with Gasteiger partial charge in [0.25, 0.3) is 0 Å². The molecule has 6 heteroatoms. The standard InChI is InChI=1S/C12H19N5O/c1-16-8-6-14-12(16)11(13)10-4-5-15-17(10)7-3-9-18-2/h4-6,8,11H,3,7,9,13H2,1-2H3. The number of methoxy groups -OCH3 is 1. The molecule has 0 saturated carbocycles. The van der Waals surface area contributed by atoms with Crippen LogP contribution in [0.3, 0.4) is 0 Å². The van der Waals surface area contributed by atoms with E-state index < -0.39 is 0 Å². The molecule has 2 rings (SSSR count). The van der Waals surface area contributed by atoms with Gasteiger partial charge in [-0.25, -0.2) is 4.98 Å². The van der Waals surface area contributed by atoms with Gasteiger partial charge >= 0.3 is 0 Å². The Kier molecular flexibility index (Phi) is 4.11. The molecule has 2 aromatic heterocycles. The minimum atomic E-state index is -0.255. The Morgan fingerprint density at radius 3 is 2.94 bits per heavy atom. The molecule has 2 heterocycles. The number of ether oxygens (including phenoxy) is 1. The summed E-state index contributed by atoms with van der Waals surface area (Å²) in [5, 5.41) is 4.29. The van der Waals surface area contributed by atoms with Crippen LogP contribution in [0.5, 0.6) is 0 Å². The van der Waals surface area contributed by atoms with Gasteiger partial charge in [0.2, 0.25) is 0 Å². The average molecular weight is 249 g/mol. The van der Waals surface area contributed by atoms with Crippen LogP contribution in [0.1, 0.15) is 24.0 Å². The number of hydrogen-bond acceptors (Lipinski definition) is 4. The molecule has 18 heavy (non-hydrogen) atoms. The van der Waals surface area contributed by atoms with Gasteiger partial charge in [-0.1, -0.05) is 0 Å². The first kappa shape index (κ1) is 12.8. The van der Waals surface area contributed by atoms with E-state index in [2.05, 4.69) is 10.1 Å². The van der Waals surface area contributed by atoms with Gasteiger partial charge in [0, 0.05) is 45.9 Å². The first-order valence-electron chi connectivity index (χ1n) is 5.97. The summed E-state index contributed by atoms with van der Waals surface area (Å²) < 4.78 is 8.89. The molecular formula is C12H19N5O. The predicted octanol–water partition coefficient (Wildman–Crippen LogP) is 0.701. The van der Waals surface area contributed by atoms with Crippen LogP contribution in [0, 0.1) is 0 Å². The molecule has 1 unspecified atom stereocenters. The lowest BCUT2D eigenvalue weighted by atomic mass is 10.2. The Morgan fingerprint density at radius 1 is 1.44 bits per heavy atom. The number of rotatable bonds is 6. The summed E-state index contributed by atoms with van der Waals surface area (Å²) in [5.41, 5.74) is 7.21. The number of imidazole rings is 1. The quantitative estimate of drug-likeness (QED) is 0.765. The number of aromatic nitrogens is 4. The topological polar surface area (TPSA) is 70.9 Å². The lowest BCUT2D eigenvalue weighted by molar-refractivity contribution is 0.188. The second-order valence-corrected chi connectivity index (χ2v) is 4.20. The normalized spacial score (nSPS) is 12.8. The number of aryl methyl sites for hydroxylation is 2. The van der Waals surface area contributed by atoms with Gasteiger partial charge in [-0.15, -0.1) is 0 Å². The molecule has 0 aliphatic heterocycles. The van der Waals surface area contributed by atoms with Crippen LogP contribution in [0.25, 0.3) is 0 Å². The Balaban J connectivity index is 2.13. The highest BCUT2D eigenvalue weighted by molar-refractivity contribution is 5.16. The molecule has 0 bridgehead atoms. The van der Waals surface area contributed by atoms with Crippen LogP contribution < -0.4 is 5.73 Å². The van der Waals surface area contributed by atoms with Crippen LogP contribution in [-0.2, 0) is 18.3 Å². The zero-order valence-electron chi connectivity index (χ0n) is 10.8. The van der Waals surface area contributed by atoms with Crippen molar-refractivity contribution in [3.63, 3.8) is 0 Å². The molecule has 0 saturated heterocycles. The second kappa shape index (κ2) is 5.79. The van der Waals surface area contributed by atoms with Crippen molar-refractivity contribution in [3.05, 3.63) is 36.2 Å². The first-order chi connectivity index (χ1) is 8.74. The summed E-state index contributed by atoms with van der Waals surface area (Å²) in [6, 6.07) is 1.68. The van der Waals surface area contributed by atoms with Gasteiger partial charge in [0.1, 0.15) is 11.9 Å². The third kappa shape index (κ3) is 2.60. The smallest absolute Gasteiger partial charge is 0.131 e. The first-order valence-corrected chi connectivity index (χ1v) is 5.97. The largest absolute Gasteiger partial charge is 0.385 e. The maximum Gasteiger partial charge on any atom is 0.131 e. The number of hydrogen-bond donors (Lipinski definition) is 1. The molecule has 2 N–H and O–H groups in total. The molecule has 2 aromatic rings. The van der Waals surface area contributed by atoms with Crippen LogP contribution in [0.15, 0.2) is 24.7 Å². The number of nitrogens with two attached hydrogens (primary N) is 1. The van der Waals surface area contributed by atoms with E-state index in [9.17, 15) is 0 Å². The van der Waals surface area contributed by atoms with Crippen LogP contribution >= 0.6 is 0 Å². The van der Waals surface area contributed by atoms with Crippen molar-refractivity contribution in [2.45, 2.75) is 19.0 Å². The van der Waals surface area contributed by atoms with Gasteiger partial charge in [0.05, 0.1) is 5.69 Å². The summed E-state index contributed by atoms with van der Waals surface area (Å²) in [7, 11) is 3.64. The maximum absolute atomic E-state index is 6.24. The minimum Gasteiger partial charge on any atom is -0.385 e.